The van der Waals surface area contributed by atoms with Gasteiger partial charge in [-0.3, -0.25) is 4.79 Å². The molecule has 6 heteroatoms. The maximum absolute atomic E-state index is 14.0. The summed E-state index contributed by atoms with van der Waals surface area (Å²) >= 11 is 0. The SMILES string of the molecule is CC(C)c1ncnc(N2CC(C(=O)O)C2)c1F. The normalized spacial score (nSPS) is 16.1. The summed E-state index contributed by atoms with van der Waals surface area (Å²) < 4.78 is 14.0. The van der Waals surface area contributed by atoms with Crippen molar-refractivity contribution in [2.75, 3.05) is 18.0 Å². The molecule has 5 nitrogen and oxygen atoms in total. The highest BCUT2D eigenvalue weighted by atomic mass is 19.1. The Bertz CT molecular complexity index is 444. The second kappa shape index (κ2) is 4.27. The molecule has 1 aromatic heterocycles. The highest BCUT2D eigenvalue weighted by Crippen LogP contribution is 2.28. The zero-order valence-electron chi connectivity index (χ0n) is 9.72. The lowest BCUT2D eigenvalue weighted by atomic mass is 10.00. The molecular weight excluding hydrogens is 225 g/mol. The zero-order valence-corrected chi connectivity index (χ0v) is 9.72. The minimum Gasteiger partial charge on any atom is -0.481 e. The lowest BCUT2D eigenvalue weighted by Gasteiger charge is -2.37. The predicted molar refractivity (Wildman–Crippen MR) is 59.4 cm³/mol. The predicted octanol–water partition coefficient (Wildman–Crippen LogP) is 1.26. The van der Waals surface area contributed by atoms with Crippen LogP contribution in [0.4, 0.5) is 10.2 Å². The molecule has 1 fully saturated rings. The molecular formula is C11H14FN3O2. The van der Waals surface area contributed by atoms with Crippen LogP contribution in [0.3, 0.4) is 0 Å². The van der Waals surface area contributed by atoms with Gasteiger partial charge in [-0.2, -0.15) is 0 Å². The molecule has 1 N–H and O–H groups in total. The lowest BCUT2D eigenvalue weighted by Crippen LogP contribution is -2.51. The van der Waals surface area contributed by atoms with Crippen LogP contribution in [0.5, 0.6) is 0 Å². The molecule has 1 aliphatic heterocycles. The van der Waals surface area contributed by atoms with Crippen molar-refractivity contribution in [1.29, 1.82) is 0 Å². The summed E-state index contributed by atoms with van der Waals surface area (Å²) in [5.41, 5.74) is 0.369. The second-order valence-electron chi connectivity index (χ2n) is 4.49. The molecule has 0 atom stereocenters. The quantitative estimate of drug-likeness (QED) is 0.860. The molecule has 0 saturated carbocycles. The minimum absolute atomic E-state index is 0.0201. The van der Waals surface area contributed by atoms with Crippen LogP contribution >= 0.6 is 0 Å². The van der Waals surface area contributed by atoms with E-state index in [9.17, 15) is 9.18 Å². The van der Waals surface area contributed by atoms with Crippen LogP contribution in [0, 0.1) is 11.7 Å². The van der Waals surface area contributed by atoms with Crippen LogP contribution in [0.1, 0.15) is 25.5 Å². The number of carboxylic acids is 1. The molecule has 0 bridgehead atoms. The fraction of sp³-hybridized carbons (Fsp3) is 0.545. The van der Waals surface area contributed by atoms with Crippen molar-refractivity contribution in [2.45, 2.75) is 19.8 Å². The molecule has 1 saturated heterocycles. The monoisotopic (exact) mass is 239 g/mol. The van der Waals surface area contributed by atoms with E-state index < -0.39 is 17.7 Å². The van der Waals surface area contributed by atoms with Crippen molar-refractivity contribution in [3.63, 3.8) is 0 Å². The molecule has 1 aliphatic rings. The first-order valence-electron chi connectivity index (χ1n) is 5.48. The number of aliphatic carboxylic acids is 1. The molecule has 0 amide bonds. The summed E-state index contributed by atoms with van der Waals surface area (Å²) in [6.45, 7) is 4.32. The summed E-state index contributed by atoms with van der Waals surface area (Å²) in [6, 6.07) is 0. The van der Waals surface area contributed by atoms with Crippen LogP contribution < -0.4 is 4.90 Å². The van der Waals surface area contributed by atoms with Gasteiger partial charge in [-0.1, -0.05) is 13.8 Å². The number of nitrogens with zero attached hydrogens (tertiary/aromatic N) is 3. The van der Waals surface area contributed by atoms with Gasteiger partial charge in [-0.25, -0.2) is 14.4 Å². The Hall–Kier alpha value is -1.72. The van der Waals surface area contributed by atoms with Gasteiger partial charge < -0.3 is 10.0 Å². The number of carbonyl (C=O) groups is 1. The fourth-order valence-corrected chi connectivity index (χ4v) is 1.80. The van der Waals surface area contributed by atoms with Gasteiger partial charge in [0.2, 0.25) is 0 Å². The first-order chi connectivity index (χ1) is 8.00. The average Bonchev–Trinajstić information content (AvgIpc) is 2.17. The van der Waals surface area contributed by atoms with Crippen LogP contribution in [0.25, 0.3) is 0 Å². The number of rotatable bonds is 3. The van der Waals surface area contributed by atoms with Crippen molar-refractivity contribution < 1.29 is 14.3 Å². The van der Waals surface area contributed by atoms with Crippen molar-refractivity contribution in [1.82, 2.24) is 9.97 Å². The van der Waals surface area contributed by atoms with Gasteiger partial charge in [0, 0.05) is 13.1 Å². The summed E-state index contributed by atoms with van der Waals surface area (Å²) in [5, 5.41) is 8.76. The van der Waals surface area contributed by atoms with Crippen LogP contribution in [0.15, 0.2) is 6.33 Å². The standard InChI is InChI=1S/C11H14FN3O2/c1-6(2)9-8(12)10(14-5-13-9)15-3-7(4-15)11(16)17/h5-7H,3-4H2,1-2H3,(H,16,17). The largest absolute Gasteiger partial charge is 0.481 e. The highest BCUT2D eigenvalue weighted by molar-refractivity contribution is 5.74. The number of hydrogen-bond acceptors (Lipinski definition) is 4. The van der Waals surface area contributed by atoms with Gasteiger partial charge in [0.05, 0.1) is 11.6 Å². The van der Waals surface area contributed by atoms with Crippen LogP contribution in [-0.2, 0) is 4.79 Å². The maximum Gasteiger partial charge on any atom is 0.310 e. The van der Waals surface area contributed by atoms with Gasteiger partial charge in [0.15, 0.2) is 11.6 Å². The number of carboxylic acid groups (broad SMARTS) is 1. The van der Waals surface area contributed by atoms with Crippen LogP contribution in [-0.4, -0.2) is 34.1 Å². The molecule has 0 aliphatic carbocycles. The molecule has 0 aromatic carbocycles. The molecule has 0 unspecified atom stereocenters. The van der Waals surface area contributed by atoms with Crippen molar-refractivity contribution in [3.8, 4) is 0 Å². The summed E-state index contributed by atoms with van der Waals surface area (Å²) in [7, 11) is 0. The second-order valence-corrected chi connectivity index (χ2v) is 4.49. The van der Waals surface area contributed by atoms with Gasteiger partial charge >= 0.3 is 5.97 Å². The third-order valence-corrected chi connectivity index (χ3v) is 2.88. The van der Waals surface area contributed by atoms with E-state index in [1.165, 1.54) is 6.33 Å². The third kappa shape index (κ3) is 2.07. The molecule has 1 aromatic rings. The van der Waals surface area contributed by atoms with E-state index in [0.29, 0.717) is 18.8 Å². The Labute approximate surface area is 98.3 Å². The number of hydrogen-bond donors (Lipinski definition) is 1. The molecule has 2 heterocycles. The lowest BCUT2D eigenvalue weighted by molar-refractivity contribution is -0.142. The third-order valence-electron chi connectivity index (χ3n) is 2.88. The van der Waals surface area contributed by atoms with E-state index >= 15 is 0 Å². The highest BCUT2D eigenvalue weighted by Gasteiger charge is 2.35. The number of aromatic nitrogens is 2. The van der Waals surface area contributed by atoms with E-state index in [-0.39, 0.29) is 11.7 Å². The van der Waals surface area contributed by atoms with Crippen LogP contribution in [0.2, 0.25) is 0 Å². The minimum atomic E-state index is -0.847. The van der Waals surface area contributed by atoms with E-state index in [4.69, 9.17) is 5.11 Å². The van der Waals surface area contributed by atoms with E-state index in [1.807, 2.05) is 13.8 Å². The van der Waals surface area contributed by atoms with Gasteiger partial charge in [0.25, 0.3) is 0 Å². The van der Waals surface area contributed by atoms with Crippen molar-refractivity contribution in [2.24, 2.45) is 5.92 Å². The molecule has 17 heavy (non-hydrogen) atoms. The molecule has 92 valence electrons. The number of halogens is 1. The summed E-state index contributed by atoms with van der Waals surface area (Å²) in [4.78, 5) is 20.1. The van der Waals surface area contributed by atoms with Crippen molar-refractivity contribution >= 4 is 11.8 Å². The Morgan fingerprint density at radius 3 is 2.71 bits per heavy atom. The first kappa shape index (κ1) is 11.8. The van der Waals surface area contributed by atoms with Gasteiger partial charge in [0.1, 0.15) is 6.33 Å². The Morgan fingerprint density at radius 1 is 1.53 bits per heavy atom. The topological polar surface area (TPSA) is 66.3 Å². The first-order valence-corrected chi connectivity index (χ1v) is 5.48. The zero-order chi connectivity index (χ0) is 12.6. The maximum atomic E-state index is 14.0. The van der Waals surface area contributed by atoms with E-state index in [0.717, 1.165) is 0 Å². The Balaban J connectivity index is 2.18. The summed E-state index contributed by atoms with van der Waals surface area (Å²) in [5.74, 6) is -1.52. The molecule has 0 spiro atoms. The molecule has 2 rings (SSSR count). The molecule has 0 radical (unpaired) electrons. The Morgan fingerprint density at radius 2 is 2.18 bits per heavy atom. The number of anilines is 1. The smallest absolute Gasteiger partial charge is 0.310 e. The van der Waals surface area contributed by atoms with E-state index in [1.54, 1.807) is 4.90 Å². The summed E-state index contributed by atoms with van der Waals surface area (Å²) in [6.07, 6.45) is 1.32. The fourth-order valence-electron chi connectivity index (χ4n) is 1.80. The van der Waals surface area contributed by atoms with Gasteiger partial charge in [-0.15, -0.1) is 0 Å². The van der Waals surface area contributed by atoms with Crippen molar-refractivity contribution in [3.05, 3.63) is 17.8 Å². The average molecular weight is 239 g/mol. The van der Waals surface area contributed by atoms with Gasteiger partial charge in [-0.05, 0) is 5.92 Å². The Kier molecular flexibility index (Phi) is 2.95. The van der Waals surface area contributed by atoms with E-state index in [2.05, 4.69) is 9.97 Å².